The molecule has 1 aromatic heterocycles. The largest absolute Gasteiger partial charge is 0.306 e. The third-order valence-electron chi connectivity index (χ3n) is 2.43. The monoisotopic (exact) mass is 200 g/mol. The van der Waals surface area contributed by atoms with Gasteiger partial charge in [-0.15, -0.1) is 0 Å². The lowest BCUT2D eigenvalue weighted by molar-refractivity contribution is -0.108. The second kappa shape index (κ2) is 4.09. The molecule has 0 aliphatic rings. The van der Waals surface area contributed by atoms with E-state index in [9.17, 15) is 4.79 Å². The first-order valence-electron chi connectivity index (χ1n) is 4.85. The molecule has 0 saturated carbocycles. The fourth-order valence-corrected chi connectivity index (χ4v) is 1.44. The Kier molecular flexibility index (Phi) is 2.63. The quantitative estimate of drug-likeness (QED) is 0.712. The first kappa shape index (κ1) is 9.65. The Morgan fingerprint density at radius 1 is 1.33 bits per heavy atom. The normalized spacial score (nSPS) is 12.3. The number of hydrogen-bond donors (Lipinski definition) is 0. The van der Waals surface area contributed by atoms with Crippen molar-refractivity contribution in [3.05, 3.63) is 48.5 Å². The smallest absolute Gasteiger partial charge is 0.127 e. The molecule has 3 heteroatoms. The Balaban J connectivity index is 2.28. The zero-order chi connectivity index (χ0) is 10.7. The molecule has 15 heavy (non-hydrogen) atoms. The van der Waals surface area contributed by atoms with Crippen LogP contribution in [-0.2, 0) is 4.79 Å². The average molecular weight is 200 g/mol. The summed E-state index contributed by atoms with van der Waals surface area (Å²) in [5, 5.41) is 0. The molecule has 0 spiro atoms. The summed E-state index contributed by atoms with van der Waals surface area (Å²) in [6.07, 6.45) is 6.32. The lowest BCUT2D eigenvalue weighted by atomic mass is 10.0. The van der Waals surface area contributed by atoms with Gasteiger partial charge in [-0.25, -0.2) is 4.98 Å². The number of hydrogen-bond acceptors (Lipinski definition) is 2. The van der Waals surface area contributed by atoms with E-state index in [4.69, 9.17) is 0 Å². The molecule has 1 heterocycles. The van der Waals surface area contributed by atoms with Crippen molar-refractivity contribution in [2.45, 2.75) is 12.8 Å². The molecule has 0 amide bonds. The van der Waals surface area contributed by atoms with Gasteiger partial charge in [0.15, 0.2) is 0 Å². The van der Waals surface area contributed by atoms with Gasteiger partial charge in [-0.2, -0.15) is 0 Å². The molecule has 2 rings (SSSR count). The van der Waals surface area contributed by atoms with E-state index >= 15 is 0 Å². The van der Waals surface area contributed by atoms with Crippen LogP contribution in [0.4, 0.5) is 0 Å². The van der Waals surface area contributed by atoms with E-state index in [-0.39, 0.29) is 5.92 Å². The predicted octanol–water partition coefficient (Wildman–Crippen LogP) is 2.17. The fourth-order valence-electron chi connectivity index (χ4n) is 1.44. The molecule has 0 bridgehead atoms. The van der Waals surface area contributed by atoms with E-state index in [0.717, 1.165) is 17.5 Å². The van der Waals surface area contributed by atoms with Crippen LogP contribution in [-0.4, -0.2) is 15.8 Å². The maximum Gasteiger partial charge on any atom is 0.127 e. The summed E-state index contributed by atoms with van der Waals surface area (Å²) in [5.41, 5.74) is 2.09. The molecule has 0 N–H and O–H groups in total. The van der Waals surface area contributed by atoms with Gasteiger partial charge >= 0.3 is 0 Å². The maximum absolute atomic E-state index is 10.6. The first-order valence-corrected chi connectivity index (χ1v) is 4.85. The van der Waals surface area contributed by atoms with Crippen LogP contribution in [0.15, 0.2) is 43.0 Å². The highest BCUT2D eigenvalue weighted by atomic mass is 16.1. The third kappa shape index (κ3) is 1.96. The summed E-state index contributed by atoms with van der Waals surface area (Å²) < 4.78 is 1.93. The summed E-state index contributed by atoms with van der Waals surface area (Å²) in [6.45, 7) is 1.89. The number of aromatic nitrogens is 2. The predicted molar refractivity (Wildman–Crippen MR) is 58.0 cm³/mol. The molecular weight excluding hydrogens is 188 g/mol. The minimum absolute atomic E-state index is 0.0400. The van der Waals surface area contributed by atoms with E-state index in [0.29, 0.717) is 0 Å². The molecule has 0 fully saturated rings. The topological polar surface area (TPSA) is 34.9 Å². The van der Waals surface area contributed by atoms with Crippen LogP contribution in [0.5, 0.6) is 0 Å². The molecule has 76 valence electrons. The van der Waals surface area contributed by atoms with Crippen LogP contribution in [0.2, 0.25) is 0 Å². The molecule has 0 aliphatic carbocycles. The molecule has 3 nitrogen and oxygen atoms in total. The van der Waals surface area contributed by atoms with Crippen molar-refractivity contribution in [1.29, 1.82) is 0 Å². The van der Waals surface area contributed by atoms with Gasteiger partial charge in [-0.05, 0) is 17.7 Å². The maximum atomic E-state index is 10.6. The van der Waals surface area contributed by atoms with Gasteiger partial charge in [0.25, 0.3) is 0 Å². The highest BCUT2D eigenvalue weighted by molar-refractivity contribution is 5.61. The van der Waals surface area contributed by atoms with Crippen LogP contribution in [0.25, 0.3) is 5.69 Å². The average Bonchev–Trinajstić information content (AvgIpc) is 2.82. The summed E-state index contributed by atoms with van der Waals surface area (Å²) in [7, 11) is 0. The van der Waals surface area contributed by atoms with Crippen LogP contribution in [0, 0.1) is 0 Å². The molecule has 1 aromatic carbocycles. The summed E-state index contributed by atoms with van der Waals surface area (Å²) >= 11 is 0. The Bertz CT molecular complexity index is 431. The van der Waals surface area contributed by atoms with Crippen molar-refractivity contribution >= 4 is 6.29 Å². The zero-order valence-electron chi connectivity index (χ0n) is 8.50. The number of aldehydes is 1. The third-order valence-corrected chi connectivity index (χ3v) is 2.43. The van der Waals surface area contributed by atoms with E-state index in [1.165, 1.54) is 0 Å². The zero-order valence-corrected chi connectivity index (χ0v) is 8.50. The van der Waals surface area contributed by atoms with Gasteiger partial charge < -0.3 is 9.36 Å². The molecule has 1 unspecified atom stereocenters. The number of carbonyl (C=O) groups excluding carboxylic acids is 1. The number of nitrogens with zero attached hydrogens (tertiary/aromatic N) is 2. The molecular formula is C12H12N2O. The lowest BCUT2D eigenvalue weighted by Gasteiger charge is -2.06. The van der Waals surface area contributed by atoms with Gasteiger partial charge in [0.05, 0.1) is 6.33 Å². The molecule has 1 atom stereocenters. The fraction of sp³-hybridized carbons (Fsp3) is 0.167. The minimum atomic E-state index is -0.0400. The highest BCUT2D eigenvalue weighted by Crippen LogP contribution is 2.15. The SMILES string of the molecule is CC(C=O)c1ccc(-n2ccnc2)cc1. The van der Waals surface area contributed by atoms with Crippen molar-refractivity contribution in [2.24, 2.45) is 0 Å². The summed E-state index contributed by atoms with van der Waals surface area (Å²) in [6, 6.07) is 7.90. The standard InChI is InChI=1S/C12H12N2O/c1-10(8-15)11-2-4-12(5-3-11)14-7-6-13-9-14/h2-10H,1H3. The molecule has 2 aromatic rings. The van der Waals surface area contributed by atoms with Crippen molar-refractivity contribution in [2.75, 3.05) is 0 Å². The van der Waals surface area contributed by atoms with Crippen LogP contribution in [0.1, 0.15) is 18.4 Å². The van der Waals surface area contributed by atoms with Crippen molar-refractivity contribution in [3.63, 3.8) is 0 Å². The van der Waals surface area contributed by atoms with Crippen molar-refractivity contribution < 1.29 is 4.79 Å². The van der Waals surface area contributed by atoms with Gasteiger partial charge in [0.1, 0.15) is 6.29 Å². The summed E-state index contributed by atoms with van der Waals surface area (Å²) in [5.74, 6) is -0.0400. The van der Waals surface area contributed by atoms with Crippen LogP contribution in [0.3, 0.4) is 0 Å². The lowest BCUT2D eigenvalue weighted by Crippen LogP contribution is -1.95. The van der Waals surface area contributed by atoms with E-state index in [1.807, 2.05) is 42.0 Å². The van der Waals surface area contributed by atoms with E-state index in [1.54, 1.807) is 12.5 Å². The minimum Gasteiger partial charge on any atom is -0.306 e. The van der Waals surface area contributed by atoms with Gasteiger partial charge in [0, 0.05) is 24.0 Å². The Morgan fingerprint density at radius 2 is 2.07 bits per heavy atom. The number of imidazole rings is 1. The van der Waals surface area contributed by atoms with Gasteiger partial charge in [-0.3, -0.25) is 0 Å². The summed E-state index contributed by atoms with van der Waals surface area (Å²) in [4.78, 5) is 14.6. The Labute approximate surface area is 88.4 Å². The van der Waals surface area contributed by atoms with Crippen LogP contribution < -0.4 is 0 Å². The Hall–Kier alpha value is -1.90. The first-order chi connectivity index (χ1) is 7.31. The van der Waals surface area contributed by atoms with E-state index in [2.05, 4.69) is 4.98 Å². The Morgan fingerprint density at radius 3 is 2.60 bits per heavy atom. The highest BCUT2D eigenvalue weighted by Gasteiger charge is 2.03. The van der Waals surface area contributed by atoms with Crippen molar-refractivity contribution in [1.82, 2.24) is 9.55 Å². The van der Waals surface area contributed by atoms with Gasteiger partial charge in [-0.1, -0.05) is 19.1 Å². The molecule has 0 saturated heterocycles. The number of rotatable bonds is 3. The number of benzene rings is 1. The number of carbonyl (C=O) groups is 1. The van der Waals surface area contributed by atoms with Gasteiger partial charge in [0.2, 0.25) is 0 Å². The second-order valence-corrected chi connectivity index (χ2v) is 3.49. The molecule has 0 radical (unpaired) electrons. The van der Waals surface area contributed by atoms with E-state index < -0.39 is 0 Å². The van der Waals surface area contributed by atoms with Crippen LogP contribution >= 0.6 is 0 Å². The molecule has 0 aliphatic heterocycles. The van der Waals surface area contributed by atoms with Crippen molar-refractivity contribution in [3.8, 4) is 5.69 Å². The second-order valence-electron chi connectivity index (χ2n) is 3.49.